The predicted octanol–water partition coefficient (Wildman–Crippen LogP) is -3.30. The van der Waals surface area contributed by atoms with Crippen LogP contribution in [0.1, 0.15) is 31.2 Å². The Bertz CT molecular complexity index is 789. The molecule has 8 heteroatoms. The van der Waals surface area contributed by atoms with Crippen molar-refractivity contribution >= 4 is 17.4 Å². The predicted molar refractivity (Wildman–Crippen MR) is 83.7 cm³/mol. The van der Waals surface area contributed by atoms with Gasteiger partial charge in [-0.25, -0.2) is 4.52 Å². The second kappa shape index (κ2) is 7.45. The minimum Gasteiger partial charge on any atom is -0.548 e. The molecule has 25 heavy (non-hydrogen) atoms. The molecular formula is C17H19N4NaO3. The van der Waals surface area contributed by atoms with Crippen LogP contribution in [0.2, 0.25) is 0 Å². The molecule has 2 aromatic heterocycles. The zero-order valence-electron chi connectivity index (χ0n) is 14.2. The minimum atomic E-state index is -1.07. The summed E-state index contributed by atoms with van der Waals surface area (Å²) in [6.45, 7) is 0.386. The van der Waals surface area contributed by atoms with Gasteiger partial charge in [0.05, 0.1) is 29.8 Å². The van der Waals surface area contributed by atoms with Gasteiger partial charge < -0.3 is 15.2 Å². The van der Waals surface area contributed by atoms with Crippen LogP contribution in [0.4, 0.5) is 0 Å². The average Bonchev–Trinajstić information content (AvgIpc) is 3.18. The number of amides is 1. The minimum absolute atomic E-state index is 0. The molecule has 0 radical (unpaired) electrons. The Kier molecular flexibility index (Phi) is 5.48. The number of nitrogens with one attached hydrogen (secondary N) is 1. The van der Waals surface area contributed by atoms with Gasteiger partial charge in [0.2, 0.25) is 5.91 Å². The van der Waals surface area contributed by atoms with E-state index in [1.165, 1.54) is 0 Å². The maximum atomic E-state index is 12.6. The van der Waals surface area contributed by atoms with Crippen LogP contribution in [-0.4, -0.2) is 44.5 Å². The number of fused-ring (bicyclic) bond motifs is 1. The summed E-state index contributed by atoms with van der Waals surface area (Å²) in [5.74, 6) is -1.18. The number of carboxylic acid groups (broad SMARTS) is 1. The SMILES string of the molecule is O=C([O-])C1CCC(C(=O)NCc2cnn3ccccc23)N1C1CC1.[Na+]. The molecular weight excluding hydrogens is 331 g/mol. The maximum absolute atomic E-state index is 12.6. The van der Waals surface area contributed by atoms with Gasteiger partial charge in [-0.2, -0.15) is 5.10 Å². The summed E-state index contributed by atoms with van der Waals surface area (Å²) in [5.41, 5.74) is 1.90. The summed E-state index contributed by atoms with van der Waals surface area (Å²) in [6, 6.07) is 4.98. The van der Waals surface area contributed by atoms with Gasteiger partial charge in [-0.1, -0.05) is 6.07 Å². The molecule has 7 nitrogen and oxygen atoms in total. The second-order valence-corrected chi connectivity index (χ2v) is 6.52. The standard InChI is InChI=1S/C17H20N4O3.Na/c22-16(14-6-7-15(17(23)24)21(14)12-4-5-12)18-9-11-10-19-20-8-2-1-3-13(11)20;/h1-3,8,10,12,14-15H,4-7,9H2,(H,18,22)(H,23,24);/q;+1/p-1. The van der Waals surface area contributed by atoms with Crippen LogP contribution in [0.3, 0.4) is 0 Å². The number of hydrogen-bond acceptors (Lipinski definition) is 5. The Morgan fingerprint density at radius 2 is 1.96 bits per heavy atom. The number of carbonyl (C=O) groups excluding carboxylic acids is 2. The number of aromatic nitrogens is 2. The molecule has 1 aliphatic heterocycles. The van der Waals surface area contributed by atoms with Gasteiger partial charge in [0, 0.05) is 24.3 Å². The van der Waals surface area contributed by atoms with Gasteiger partial charge in [-0.3, -0.25) is 9.69 Å². The van der Waals surface area contributed by atoms with Gasteiger partial charge in [0.15, 0.2) is 0 Å². The van der Waals surface area contributed by atoms with Crippen molar-refractivity contribution in [3.8, 4) is 0 Å². The van der Waals surface area contributed by atoms with Gasteiger partial charge in [0.1, 0.15) is 0 Å². The van der Waals surface area contributed by atoms with Gasteiger partial charge >= 0.3 is 29.6 Å². The average molecular weight is 350 g/mol. The van der Waals surface area contributed by atoms with Crippen molar-refractivity contribution in [2.75, 3.05) is 0 Å². The monoisotopic (exact) mass is 350 g/mol. The fourth-order valence-corrected chi connectivity index (χ4v) is 3.64. The summed E-state index contributed by atoms with van der Waals surface area (Å²) in [7, 11) is 0. The number of likely N-dealkylation sites (tertiary alicyclic amines) is 1. The molecule has 1 aliphatic carbocycles. The molecule has 126 valence electrons. The van der Waals surface area contributed by atoms with Gasteiger partial charge in [-0.15, -0.1) is 0 Å². The van der Waals surface area contributed by atoms with Crippen LogP contribution in [-0.2, 0) is 16.1 Å². The zero-order valence-corrected chi connectivity index (χ0v) is 16.2. The first-order valence-electron chi connectivity index (χ1n) is 8.32. The van der Waals surface area contributed by atoms with E-state index in [4.69, 9.17) is 0 Å². The van der Waals surface area contributed by atoms with E-state index < -0.39 is 12.0 Å². The molecule has 1 saturated heterocycles. The third kappa shape index (κ3) is 3.60. The normalized spacial score (nSPS) is 23.4. The summed E-state index contributed by atoms with van der Waals surface area (Å²) in [5, 5.41) is 18.5. The Balaban J connectivity index is 0.00000182. The smallest absolute Gasteiger partial charge is 0.548 e. The van der Waals surface area contributed by atoms with E-state index in [1.54, 1.807) is 10.7 Å². The summed E-state index contributed by atoms with van der Waals surface area (Å²) < 4.78 is 1.76. The molecule has 0 bridgehead atoms. The van der Waals surface area contributed by atoms with Crippen LogP contribution < -0.4 is 40.0 Å². The maximum Gasteiger partial charge on any atom is 1.00 e. The van der Waals surface area contributed by atoms with E-state index in [2.05, 4.69) is 10.4 Å². The number of carbonyl (C=O) groups is 2. The summed E-state index contributed by atoms with van der Waals surface area (Å²) >= 11 is 0. The van der Waals surface area contributed by atoms with Crippen molar-refractivity contribution in [1.29, 1.82) is 0 Å². The van der Waals surface area contributed by atoms with E-state index in [0.717, 1.165) is 23.9 Å². The third-order valence-electron chi connectivity index (χ3n) is 4.94. The summed E-state index contributed by atoms with van der Waals surface area (Å²) in [6.07, 6.45) is 6.57. The summed E-state index contributed by atoms with van der Waals surface area (Å²) in [4.78, 5) is 25.7. The first-order chi connectivity index (χ1) is 11.6. The van der Waals surface area contributed by atoms with Crippen LogP contribution in [0.15, 0.2) is 30.6 Å². The van der Waals surface area contributed by atoms with Gasteiger partial charge in [0.25, 0.3) is 0 Å². The van der Waals surface area contributed by atoms with E-state index >= 15 is 0 Å². The van der Waals surface area contributed by atoms with Crippen LogP contribution in [0.5, 0.6) is 0 Å². The molecule has 0 spiro atoms. The Labute approximate surface area is 167 Å². The van der Waals surface area contributed by atoms with Crippen molar-refractivity contribution in [2.24, 2.45) is 0 Å². The van der Waals surface area contributed by atoms with E-state index in [1.807, 2.05) is 29.3 Å². The zero-order chi connectivity index (χ0) is 16.7. The van der Waals surface area contributed by atoms with E-state index in [9.17, 15) is 14.7 Å². The number of pyridine rings is 1. The fourth-order valence-electron chi connectivity index (χ4n) is 3.64. The molecule has 3 heterocycles. The van der Waals surface area contributed by atoms with Gasteiger partial charge in [-0.05, 0) is 37.8 Å². The molecule has 4 rings (SSSR count). The number of hydrogen-bond donors (Lipinski definition) is 1. The third-order valence-corrected chi connectivity index (χ3v) is 4.94. The number of nitrogens with zero attached hydrogens (tertiary/aromatic N) is 3. The largest absolute Gasteiger partial charge is 1.00 e. The first kappa shape index (κ1) is 18.4. The molecule has 2 unspecified atom stereocenters. The van der Waals surface area contributed by atoms with E-state index in [-0.39, 0.29) is 47.5 Å². The second-order valence-electron chi connectivity index (χ2n) is 6.52. The van der Waals surface area contributed by atoms with Crippen LogP contribution >= 0.6 is 0 Å². The molecule has 0 aromatic carbocycles. The number of aliphatic carboxylic acids is 1. The molecule has 2 aliphatic rings. The van der Waals surface area contributed by atoms with Crippen molar-refractivity contribution in [3.63, 3.8) is 0 Å². The molecule has 2 fully saturated rings. The Morgan fingerprint density at radius 3 is 2.68 bits per heavy atom. The van der Waals surface area contributed by atoms with Crippen LogP contribution in [0, 0.1) is 0 Å². The first-order valence-corrected chi connectivity index (χ1v) is 8.32. The Hall–Kier alpha value is -1.41. The van der Waals surface area contributed by atoms with Crippen molar-refractivity contribution < 1.29 is 44.3 Å². The molecule has 2 atom stereocenters. The Morgan fingerprint density at radius 1 is 1.20 bits per heavy atom. The quantitative estimate of drug-likeness (QED) is 0.571. The molecule has 1 N–H and O–H groups in total. The van der Waals surface area contributed by atoms with E-state index in [0.29, 0.717) is 19.4 Å². The van der Waals surface area contributed by atoms with Crippen molar-refractivity contribution in [1.82, 2.24) is 19.8 Å². The molecule has 2 aromatic rings. The van der Waals surface area contributed by atoms with Crippen molar-refractivity contribution in [2.45, 2.75) is 50.4 Å². The number of rotatable bonds is 5. The fraction of sp³-hybridized carbons (Fsp3) is 0.471. The topological polar surface area (TPSA) is 89.8 Å². The molecule has 1 saturated carbocycles. The number of carboxylic acids is 1. The molecule has 1 amide bonds. The van der Waals surface area contributed by atoms with Crippen molar-refractivity contribution in [3.05, 3.63) is 36.2 Å². The van der Waals surface area contributed by atoms with Crippen LogP contribution in [0.25, 0.3) is 5.52 Å².